The largest absolute Gasteiger partial charge is 0.504 e. The van der Waals surface area contributed by atoms with E-state index in [1.54, 1.807) is 20.3 Å². The van der Waals surface area contributed by atoms with Crippen LogP contribution in [0.25, 0.3) is 0 Å². The molecule has 0 spiro atoms. The van der Waals surface area contributed by atoms with Gasteiger partial charge in [-0.2, -0.15) is 0 Å². The molecule has 0 saturated carbocycles. The summed E-state index contributed by atoms with van der Waals surface area (Å²) in [5.41, 5.74) is 6.84. The summed E-state index contributed by atoms with van der Waals surface area (Å²) in [7, 11) is 7.67. The van der Waals surface area contributed by atoms with Crippen LogP contribution in [0.3, 0.4) is 0 Å². The van der Waals surface area contributed by atoms with Gasteiger partial charge < -0.3 is 33.6 Å². The number of ether oxygens (including phenoxy) is 4. The van der Waals surface area contributed by atoms with Crippen molar-refractivity contribution in [2.24, 2.45) is 5.92 Å². The van der Waals surface area contributed by atoms with Crippen LogP contribution in [0.4, 0.5) is 0 Å². The van der Waals surface area contributed by atoms with Crippen molar-refractivity contribution in [2.45, 2.75) is 51.0 Å². The summed E-state index contributed by atoms with van der Waals surface area (Å²) < 4.78 is 25.2. The second-order valence-electron chi connectivity index (χ2n) is 13.5. The van der Waals surface area contributed by atoms with Crippen LogP contribution in [0.2, 0.25) is 0 Å². The molecular formula is C38H42NO6+. The van der Waals surface area contributed by atoms with Gasteiger partial charge in [0.15, 0.2) is 34.5 Å². The summed E-state index contributed by atoms with van der Waals surface area (Å²) in [6.07, 6.45) is 4.42. The average Bonchev–Trinajstić information content (AvgIpc) is 3.03. The maximum atomic E-state index is 11.5. The number of likely N-dealkylation sites (N-methyl/N-ethyl adjacent to an activating group) is 1. The monoisotopic (exact) mass is 608 g/mol. The number of hydrogen-bond acceptors (Lipinski definition) is 6. The van der Waals surface area contributed by atoms with E-state index in [2.05, 4.69) is 45.3 Å². The maximum absolute atomic E-state index is 11.5. The standard InChI is InChI=1S/C38H41NO6/c1-22-6-10-25-19-33(42-4)34-21-29(25)28(22)16-23-7-11-27(12-8-23)44-38-36-26(20-35(43-5)37(38)41)14-15-39(2,3)30(36)17-24-9-13-31(40)32(18-24)45-34/h7-9,11-13,18-22,28,30H,6,10,14-17H2,1-5H3,(H-,40,41)/p+1/t22?,28-,30-/m1/s1. The van der Waals surface area contributed by atoms with E-state index in [0.717, 1.165) is 48.9 Å². The first-order chi connectivity index (χ1) is 21.6. The number of aromatic hydroxyl groups is 2. The van der Waals surface area contributed by atoms with E-state index in [1.807, 2.05) is 30.3 Å². The highest BCUT2D eigenvalue weighted by molar-refractivity contribution is 5.61. The molecule has 2 N–H and O–H groups in total. The number of quaternary nitrogens is 1. The Labute approximate surface area is 265 Å². The molecule has 6 bridgehead atoms. The molecule has 7 nitrogen and oxygen atoms in total. The second kappa shape index (κ2) is 11.2. The Morgan fingerprint density at radius 3 is 2.27 bits per heavy atom. The smallest absolute Gasteiger partial charge is 0.201 e. The van der Waals surface area contributed by atoms with Gasteiger partial charge in [-0.05, 0) is 101 Å². The topological polar surface area (TPSA) is 77.4 Å². The van der Waals surface area contributed by atoms with Gasteiger partial charge in [0.2, 0.25) is 5.75 Å². The van der Waals surface area contributed by atoms with E-state index in [0.29, 0.717) is 57.2 Å². The number of nitrogens with zero attached hydrogens (tertiary/aromatic N) is 1. The zero-order chi connectivity index (χ0) is 31.5. The van der Waals surface area contributed by atoms with Gasteiger partial charge in [0.05, 0.1) is 40.4 Å². The molecule has 0 radical (unpaired) electrons. The first kappa shape index (κ1) is 29.4. The minimum atomic E-state index is -0.0448. The lowest BCUT2D eigenvalue weighted by Crippen LogP contribution is -2.48. The van der Waals surface area contributed by atoms with E-state index in [1.165, 1.54) is 16.7 Å². The third kappa shape index (κ3) is 5.23. The molecule has 1 aliphatic carbocycles. The van der Waals surface area contributed by atoms with Crippen molar-refractivity contribution in [3.05, 3.63) is 94.0 Å². The summed E-state index contributed by atoms with van der Waals surface area (Å²) in [6, 6.07) is 20.0. The molecule has 1 unspecified atom stereocenters. The summed E-state index contributed by atoms with van der Waals surface area (Å²) >= 11 is 0. The van der Waals surface area contributed by atoms with Crippen molar-refractivity contribution in [3.8, 4) is 46.0 Å². The van der Waals surface area contributed by atoms with Crippen molar-refractivity contribution in [1.29, 1.82) is 0 Å². The lowest BCUT2D eigenvalue weighted by Gasteiger charge is -2.43. The van der Waals surface area contributed by atoms with Crippen molar-refractivity contribution in [2.75, 3.05) is 34.9 Å². The van der Waals surface area contributed by atoms with E-state index in [9.17, 15) is 10.2 Å². The molecule has 7 heteroatoms. The Balaban J connectivity index is 1.43. The van der Waals surface area contributed by atoms with Crippen LogP contribution in [0.15, 0.2) is 60.7 Å². The Morgan fingerprint density at radius 2 is 1.51 bits per heavy atom. The number of aryl methyl sites for hydroxylation is 1. The molecule has 3 heterocycles. The number of phenols is 2. The van der Waals surface area contributed by atoms with Gasteiger partial charge >= 0.3 is 0 Å². The van der Waals surface area contributed by atoms with Gasteiger partial charge in [-0.15, -0.1) is 0 Å². The third-order valence-corrected chi connectivity index (χ3v) is 10.4. The second-order valence-corrected chi connectivity index (χ2v) is 13.5. The molecule has 4 aliphatic rings. The van der Waals surface area contributed by atoms with Crippen molar-refractivity contribution in [1.82, 2.24) is 0 Å². The van der Waals surface area contributed by atoms with E-state index < -0.39 is 0 Å². The Kier molecular flexibility index (Phi) is 7.32. The third-order valence-electron chi connectivity index (χ3n) is 10.4. The fraction of sp³-hybridized carbons (Fsp3) is 0.368. The minimum Gasteiger partial charge on any atom is -0.504 e. The number of benzene rings is 4. The SMILES string of the molecule is COc1cc2c3cc1Oc1cc(ccc1O)C[C@@H]1c4c(cc(OC)c(O)c4Oc4ccc(cc4)C[C@@H]3C(C)CC2)CC[N+]1(C)C. The number of rotatable bonds is 2. The van der Waals surface area contributed by atoms with Crippen molar-refractivity contribution in [3.63, 3.8) is 0 Å². The maximum Gasteiger partial charge on any atom is 0.201 e. The molecule has 0 fully saturated rings. The molecular weight excluding hydrogens is 566 g/mol. The summed E-state index contributed by atoms with van der Waals surface area (Å²) in [5.74, 6) is 4.02. The van der Waals surface area contributed by atoms with Gasteiger partial charge in [-0.1, -0.05) is 25.1 Å². The van der Waals surface area contributed by atoms with Crippen LogP contribution in [0.5, 0.6) is 46.0 Å². The van der Waals surface area contributed by atoms with E-state index >= 15 is 0 Å². The minimum absolute atomic E-state index is 0.00509. The van der Waals surface area contributed by atoms with Crippen LogP contribution in [0, 0.1) is 5.92 Å². The van der Waals surface area contributed by atoms with Gasteiger partial charge in [0, 0.05) is 12.8 Å². The van der Waals surface area contributed by atoms with Gasteiger partial charge in [0.25, 0.3) is 0 Å². The summed E-state index contributed by atoms with van der Waals surface area (Å²) in [4.78, 5) is 0. The molecule has 234 valence electrons. The van der Waals surface area contributed by atoms with Crippen LogP contribution < -0.4 is 18.9 Å². The molecule has 45 heavy (non-hydrogen) atoms. The molecule has 3 aliphatic heterocycles. The molecule has 8 rings (SSSR count). The van der Waals surface area contributed by atoms with Crippen LogP contribution in [-0.4, -0.2) is 49.6 Å². The zero-order valence-corrected chi connectivity index (χ0v) is 26.7. The lowest BCUT2D eigenvalue weighted by molar-refractivity contribution is -0.923. The predicted octanol–water partition coefficient (Wildman–Crippen LogP) is 7.84. The van der Waals surface area contributed by atoms with E-state index in [4.69, 9.17) is 18.9 Å². The van der Waals surface area contributed by atoms with Gasteiger partial charge in [-0.25, -0.2) is 0 Å². The fourth-order valence-electron chi connectivity index (χ4n) is 7.58. The Bertz CT molecular complexity index is 1760. The molecule has 4 aromatic carbocycles. The van der Waals surface area contributed by atoms with Crippen LogP contribution >= 0.6 is 0 Å². The Hall–Kier alpha value is -4.36. The number of fused-ring (bicyclic) bond motifs is 2. The average molecular weight is 609 g/mol. The zero-order valence-electron chi connectivity index (χ0n) is 26.7. The Morgan fingerprint density at radius 1 is 0.778 bits per heavy atom. The predicted molar refractivity (Wildman–Crippen MR) is 173 cm³/mol. The summed E-state index contributed by atoms with van der Waals surface area (Å²) in [6.45, 7) is 3.23. The molecule has 0 amide bonds. The van der Waals surface area contributed by atoms with Crippen molar-refractivity contribution < 1.29 is 33.6 Å². The molecule has 3 atom stereocenters. The highest BCUT2D eigenvalue weighted by atomic mass is 16.5. The molecule has 0 saturated heterocycles. The van der Waals surface area contributed by atoms with Crippen molar-refractivity contribution >= 4 is 0 Å². The van der Waals surface area contributed by atoms with Crippen LogP contribution in [0.1, 0.15) is 58.7 Å². The fourth-order valence-corrected chi connectivity index (χ4v) is 7.58. The summed E-state index contributed by atoms with van der Waals surface area (Å²) in [5, 5.41) is 22.5. The first-order valence-corrected chi connectivity index (χ1v) is 15.9. The normalized spacial score (nSPS) is 21.4. The lowest BCUT2D eigenvalue weighted by atomic mass is 9.73. The highest BCUT2D eigenvalue weighted by Crippen LogP contribution is 2.51. The molecule has 4 aromatic rings. The quantitative estimate of drug-likeness (QED) is 0.226. The van der Waals surface area contributed by atoms with Gasteiger partial charge in [0.1, 0.15) is 11.8 Å². The van der Waals surface area contributed by atoms with E-state index in [-0.39, 0.29) is 17.5 Å². The van der Waals surface area contributed by atoms with Gasteiger partial charge in [-0.3, -0.25) is 0 Å². The first-order valence-electron chi connectivity index (χ1n) is 15.9. The number of hydrogen-bond donors (Lipinski definition) is 2. The highest BCUT2D eigenvalue weighted by Gasteiger charge is 2.41. The van der Waals surface area contributed by atoms with Crippen LogP contribution in [-0.2, 0) is 25.7 Å². The number of methoxy groups -OCH3 is 2. The molecule has 0 aromatic heterocycles. The number of phenolic OH excluding ortho intramolecular Hbond substituents is 2.